The molecule has 0 amide bonds. The minimum atomic E-state index is 0.430. The van der Waals surface area contributed by atoms with Crippen LogP contribution in [0.5, 0.6) is 5.75 Å². The quantitative estimate of drug-likeness (QED) is 0.599. The van der Waals surface area contributed by atoms with Crippen molar-refractivity contribution in [1.82, 2.24) is 5.16 Å². The third kappa shape index (κ3) is 3.05. The third-order valence-electron chi connectivity index (χ3n) is 2.94. The summed E-state index contributed by atoms with van der Waals surface area (Å²) in [6, 6.07) is 5.36. The van der Waals surface area contributed by atoms with Crippen LogP contribution in [-0.2, 0) is 4.74 Å². The fourth-order valence-corrected chi connectivity index (χ4v) is 2.06. The largest absolute Gasteiger partial charge is 0.491 e. The molecule has 0 radical (unpaired) electrons. The highest BCUT2D eigenvalue weighted by molar-refractivity contribution is 5.81. The lowest BCUT2D eigenvalue weighted by Gasteiger charge is -2.09. The lowest BCUT2D eigenvalue weighted by atomic mass is 10.0. The number of nitrogens with zero attached hydrogens (tertiary/aromatic N) is 1. The first-order chi connectivity index (χ1) is 9.65. The zero-order chi connectivity index (χ0) is 14.5. The number of hydrogen-bond donors (Lipinski definition) is 0. The van der Waals surface area contributed by atoms with Crippen molar-refractivity contribution in [2.75, 3.05) is 20.3 Å². The predicted octanol–water partition coefficient (Wildman–Crippen LogP) is 2.80. The van der Waals surface area contributed by atoms with Crippen LogP contribution in [-0.4, -0.2) is 31.8 Å². The fourth-order valence-electron chi connectivity index (χ4n) is 2.06. The third-order valence-corrected chi connectivity index (χ3v) is 2.94. The van der Waals surface area contributed by atoms with Crippen molar-refractivity contribution in [3.8, 4) is 16.9 Å². The second-order valence-corrected chi connectivity index (χ2v) is 4.45. The van der Waals surface area contributed by atoms with Gasteiger partial charge < -0.3 is 14.0 Å². The number of hydrogen-bond acceptors (Lipinski definition) is 5. The van der Waals surface area contributed by atoms with E-state index in [1.165, 1.54) is 0 Å². The Balaban J connectivity index is 2.38. The molecule has 20 heavy (non-hydrogen) atoms. The summed E-state index contributed by atoms with van der Waals surface area (Å²) < 4.78 is 15.7. The molecule has 1 heterocycles. The lowest BCUT2D eigenvalue weighted by molar-refractivity contribution is 0.112. The van der Waals surface area contributed by atoms with E-state index in [2.05, 4.69) is 5.16 Å². The average molecular weight is 275 g/mol. The summed E-state index contributed by atoms with van der Waals surface area (Å²) in [4.78, 5) is 11.1. The first-order valence-electron chi connectivity index (χ1n) is 6.31. The maximum Gasteiger partial charge on any atom is 0.150 e. The number of aromatic nitrogens is 1. The molecule has 0 atom stereocenters. The van der Waals surface area contributed by atoms with E-state index in [1.54, 1.807) is 19.2 Å². The molecule has 0 aliphatic heterocycles. The Morgan fingerprint density at radius 3 is 2.65 bits per heavy atom. The topological polar surface area (TPSA) is 61.6 Å². The van der Waals surface area contributed by atoms with Crippen molar-refractivity contribution in [3.05, 3.63) is 35.2 Å². The number of ether oxygens (including phenoxy) is 2. The highest BCUT2D eigenvalue weighted by atomic mass is 16.5. The van der Waals surface area contributed by atoms with Crippen LogP contribution in [0.2, 0.25) is 0 Å². The van der Waals surface area contributed by atoms with Crippen LogP contribution >= 0.6 is 0 Å². The molecule has 1 aromatic carbocycles. The van der Waals surface area contributed by atoms with E-state index < -0.39 is 0 Å². The van der Waals surface area contributed by atoms with Gasteiger partial charge in [0.1, 0.15) is 24.4 Å². The van der Waals surface area contributed by atoms with Gasteiger partial charge in [0.05, 0.1) is 12.3 Å². The van der Waals surface area contributed by atoms with Gasteiger partial charge in [0.15, 0.2) is 0 Å². The van der Waals surface area contributed by atoms with Gasteiger partial charge in [-0.2, -0.15) is 0 Å². The van der Waals surface area contributed by atoms with Crippen LogP contribution in [0, 0.1) is 13.8 Å². The molecule has 0 aliphatic carbocycles. The first-order valence-corrected chi connectivity index (χ1v) is 6.31. The van der Waals surface area contributed by atoms with Crippen molar-refractivity contribution >= 4 is 6.29 Å². The Morgan fingerprint density at radius 1 is 1.25 bits per heavy atom. The average Bonchev–Trinajstić information content (AvgIpc) is 2.78. The molecule has 0 spiro atoms. The highest BCUT2D eigenvalue weighted by Gasteiger charge is 2.13. The number of carbonyl (C=O) groups excluding carboxylic acids is 1. The second-order valence-electron chi connectivity index (χ2n) is 4.45. The molecule has 0 saturated heterocycles. The van der Waals surface area contributed by atoms with Gasteiger partial charge in [-0.3, -0.25) is 4.79 Å². The second kappa shape index (κ2) is 6.34. The molecule has 0 saturated carbocycles. The molecule has 5 heteroatoms. The van der Waals surface area contributed by atoms with Crippen LogP contribution < -0.4 is 4.74 Å². The van der Waals surface area contributed by atoms with Gasteiger partial charge in [-0.1, -0.05) is 5.16 Å². The van der Waals surface area contributed by atoms with Crippen LogP contribution in [0.1, 0.15) is 21.8 Å². The van der Waals surface area contributed by atoms with Gasteiger partial charge in [-0.25, -0.2) is 0 Å². The molecule has 0 N–H and O–H groups in total. The van der Waals surface area contributed by atoms with Gasteiger partial charge >= 0.3 is 0 Å². The Hall–Kier alpha value is -2.14. The SMILES string of the molecule is COCCOc1cc(C=O)cc(-c2c(C)noc2C)c1. The van der Waals surface area contributed by atoms with Gasteiger partial charge in [-0.05, 0) is 37.6 Å². The normalized spacial score (nSPS) is 10.6. The fraction of sp³-hybridized carbons (Fsp3) is 0.333. The van der Waals surface area contributed by atoms with Crippen molar-refractivity contribution in [2.45, 2.75) is 13.8 Å². The van der Waals surface area contributed by atoms with Gasteiger partial charge in [-0.15, -0.1) is 0 Å². The van der Waals surface area contributed by atoms with E-state index in [1.807, 2.05) is 19.9 Å². The van der Waals surface area contributed by atoms with E-state index >= 15 is 0 Å². The number of aldehydes is 1. The number of benzene rings is 1. The summed E-state index contributed by atoms with van der Waals surface area (Å²) in [5.74, 6) is 1.34. The molecule has 5 nitrogen and oxygen atoms in total. The first kappa shape index (κ1) is 14.3. The highest BCUT2D eigenvalue weighted by Crippen LogP contribution is 2.30. The van der Waals surface area contributed by atoms with Crippen molar-refractivity contribution in [1.29, 1.82) is 0 Å². The van der Waals surface area contributed by atoms with E-state index in [4.69, 9.17) is 14.0 Å². The Morgan fingerprint density at radius 2 is 2.05 bits per heavy atom. The minimum absolute atomic E-state index is 0.430. The molecular formula is C15H17NO4. The summed E-state index contributed by atoms with van der Waals surface area (Å²) in [6.45, 7) is 4.63. The maximum atomic E-state index is 11.1. The van der Waals surface area contributed by atoms with E-state index in [9.17, 15) is 4.79 Å². The molecule has 0 bridgehead atoms. The number of carbonyl (C=O) groups is 1. The molecule has 1 aromatic heterocycles. The summed E-state index contributed by atoms with van der Waals surface area (Å²) in [7, 11) is 1.61. The van der Waals surface area contributed by atoms with Crippen LogP contribution in [0.3, 0.4) is 0 Å². The Bertz CT molecular complexity index is 584. The van der Waals surface area contributed by atoms with Gasteiger partial charge in [0.2, 0.25) is 0 Å². The number of rotatable bonds is 6. The molecule has 106 valence electrons. The molecule has 0 unspecified atom stereocenters. The lowest BCUT2D eigenvalue weighted by Crippen LogP contribution is -2.04. The smallest absolute Gasteiger partial charge is 0.150 e. The molecular weight excluding hydrogens is 258 g/mol. The van der Waals surface area contributed by atoms with Crippen molar-refractivity contribution < 1.29 is 18.8 Å². The van der Waals surface area contributed by atoms with Gasteiger partial charge in [0.25, 0.3) is 0 Å². The molecule has 0 aliphatic rings. The summed E-state index contributed by atoms with van der Waals surface area (Å²) in [6.07, 6.45) is 0.796. The molecule has 0 fully saturated rings. The molecule has 2 rings (SSSR count). The van der Waals surface area contributed by atoms with Crippen LogP contribution in [0.4, 0.5) is 0 Å². The van der Waals surface area contributed by atoms with Crippen LogP contribution in [0.25, 0.3) is 11.1 Å². The summed E-state index contributed by atoms with van der Waals surface area (Å²) >= 11 is 0. The minimum Gasteiger partial charge on any atom is -0.491 e. The number of aryl methyl sites for hydroxylation is 2. The van der Waals surface area contributed by atoms with E-state index in [0.717, 1.165) is 23.1 Å². The summed E-state index contributed by atoms with van der Waals surface area (Å²) in [5, 5.41) is 3.93. The zero-order valence-electron chi connectivity index (χ0n) is 11.8. The van der Waals surface area contributed by atoms with E-state index in [-0.39, 0.29) is 0 Å². The van der Waals surface area contributed by atoms with Crippen molar-refractivity contribution in [2.24, 2.45) is 0 Å². The van der Waals surface area contributed by atoms with Gasteiger partial charge in [0, 0.05) is 18.2 Å². The Labute approximate surface area is 117 Å². The number of methoxy groups -OCH3 is 1. The summed E-state index contributed by atoms with van der Waals surface area (Å²) in [5.41, 5.74) is 3.09. The standard InChI is InChI=1S/C15H17NO4/c1-10-15(11(2)20-16-10)13-6-12(9-17)7-14(8-13)19-5-4-18-3/h6-9H,4-5H2,1-3H3. The van der Waals surface area contributed by atoms with Crippen molar-refractivity contribution in [3.63, 3.8) is 0 Å². The Kier molecular flexibility index (Phi) is 4.53. The van der Waals surface area contributed by atoms with E-state index in [0.29, 0.717) is 30.3 Å². The van der Waals surface area contributed by atoms with Crippen LogP contribution in [0.15, 0.2) is 22.7 Å². The maximum absolute atomic E-state index is 11.1. The predicted molar refractivity (Wildman–Crippen MR) is 74.2 cm³/mol. The zero-order valence-corrected chi connectivity index (χ0v) is 11.8. The molecule has 2 aromatic rings. The monoisotopic (exact) mass is 275 g/mol.